The first-order valence-electron chi connectivity index (χ1n) is 3.58. The number of amidine groups is 1. The van der Waals surface area contributed by atoms with Gasteiger partial charge in [-0.15, -0.1) is 0 Å². The summed E-state index contributed by atoms with van der Waals surface area (Å²) in [7, 11) is 0. The Hall–Kier alpha value is -0.940. The second-order valence-corrected chi connectivity index (χ2v) is 2.27. The monoisotopic (exact) mass is 155 g/mol. The highest BCUT2D eigenvalue weighted by molar-refractivity contribution is 6.29. The fourth-order valence-corrected chi connectivity index (χ4v) is 0.809. The van der Waals surface area contributed by atoms with Crippen molar-refractivity contribution in [2.24, 2.45) is 21.5 Å². The summed E-state index contributed by atoms with van der Waals surface area (Å²) < 4.78 is 0. The van der Waals surface area contributed by atoms with Gasteiger partial charge in [-0.3, -0.25) is 9.98 Å². The van der Waals surface area contributed by atoms with Crippen LogP contribution in [0.5, 0.6) is 0 Å². The fourth-order valence-electron chi connectivity index (χ4n) is 0.809. The molecular weight excluding hydrogens is 142 g/mol. The summed E-state index contributed by atoms with van der Waals surface area (Å²) in [5, 5.41) is 2.87. The number of aliphatic imine (C=N–C) groups is 2. The van der Waals surface area contributed by atoms with Crippen molar-refractivity contribution >= 4 is 12.1 Å². The van der Waals surface area contributed by atoms with E-state index in [-0.39, 0.29) is 6.04 Å². The molecule has 1 aliphatic rings. The molecule has 11 heavy (non-hydrogen) atoms. The molecule has 1 heterocycles. The van der Waals surface area contributed by atoms with Gasteiger partial charge in [0.2, 0.25) is 0 Å². The van der Waals surface area contributed by atoms with Gasteiger partial charge < -0.3 is 16.8 Å². The lowest BCUT2D eigenvalue weighted by molar-refractivity contribution is 0.689. The second kappa shape index (κ2) is 4.05. The Labute approximate surface area is 65.6 Å². The Morgan fingerprint density at radius 2 is 2.45 bits per heavy atom. The van der Waals surface area contributed by atoms with Crippen molar-refractivity contribution in [1.82, 2.24) is 5.32 Å². The highest BCUT2D eigenvalue weighted by Crippen LogP contribution is 1.93. The summed E-state index contributed by atoms with van der Waals surface area (Å²) >= 11 is 0. The van der Waals surface area contributed by atoms with E-state index in [1.807, 2.05) is 0 Å². The molecule has 0 saturated carbocycles. The molecule has 0 saturated heterocycles. The molecule has 0 aromatic carbocycles. The Morgan fingerprint density at radius 3 is 2.91 bits per heavy atom. The van der Waals surface area contributed by atoms with Crippen LogP contribution in [0.4, 0.5) is 0 Å². The average molecular weight is 155 g/mol. The molecule has 5 nitrogen and oxygen atoms in total. The summed E-state index contributed by atoms with van der Waals surface area (Å²) in [5.74, 6) is 0.747. The molecule has 0 spiro atoms. The fraction of sp³-hybridized carbons (Fsp3) is 0.667. The molecule has 0 aromatic heterocycles. The second-order valence-electron chi connectivity index (χ2n) is 2.27. The maximum Gasteiger partial charge on any atom is 0.140 e. The van der Waals surface area contributed by atoms with Gasteiger partial charge >= 0.3 is 0 Å². The Morgan fingerprint density at radius 1 is 1.64 bits per heavy atom. The lowest BCUT2D eigenvalue weighted by Gasteiger charge is -2.12. The lowest BCUT2D eigenvalue weighted by Crippen LogP contribution is -2.35. The van der Waals surface area contributed by atoms with Gasteiger partial charge in [-0.05, 0) is 0 Å². The van der Waals surface area contributed by atoms with E-state index in [2.05, 4.69) is 15.3 Å². The van der Waals surface area contributed by atoms with E-state index in [0.717, 1.165) is 5.84 Å². The van der Waals surface area contributed by atoms with Crippen molar-refractivity contribution in [3.8, 4) is 0 Å². The van der Waals surface area contributed by atoms with Gasteiger partial charge in [0, 0.05) is 6.54 Å². The van der Waals surface area contributed by atoms with Crippen LogP contribution in [0.15, 0.2) is 9.98 Å². The molecule has 0 amide bonds. The third-order valence-corrected chi connectivity index (χ3v) is 1.44. The normalized spacial score (nSPS) is 23.1. The third kappa shape index (κ3) is 2.28. The Bertz CT molecular complexity index is 174. The molecule has 0 radical (unpaired) electrons. The van der Waals surface area contributed by atoms with Crippen LogP contribution in [0.2, 0.25) is 0 Å². The molecule has 1 unspecified atom stereocenters. The minimum absolute atomic E-state index is 0.151. The number of nitrogens with one attached hydrogen (secondary N) is 1. The molecule has 5 N–H and O–H groups in total. The predicted octanol–water partition coefficient (Wildman–Crippen LogP) is -1.70. The number of nitrogens with zero attached hydrogens (tertiary/aromatic N) is 2. The van der Waals surface area contributed by atoms with E-state index in [0.29, 0.717) is 19.8 Å². The summed E-state index contributed by atoms with van der Waals surface area (Å²) in [6.07, 6.45) is 1.67. The number of hydrogen-bond donors (Lipinski definition) is 3. The molecule has 1 atom stereocenters. The molecule has 0 bridgehead atoms. The standard InChI is InChI=1S/C6H13N5/c7-1-5-2-10-6(3-9-5)11-4-8/h3,5H,1-2,4,7-8H2,(H,10,11). The van der Waals surface area contributed by atoms with E-state index in [1.54, 1.807) is 6.21 Å². The van der Waals surface area contributed by atoms with Crippen molar-refractivity contribution in [3.05, 3.63) is 0 Å². The SMILES string of the molecule is NCNC1=NCC(CN)N=C1. The van der Waals surface area contributed by atoms with Crippen LogP contribution >= 0.6 is 0 Å². The lowest BCUT2D eigenvalue weighted by atomic mass is 10.3. The molecular formula is C6H13N5. The van der Waals surface area contributed by atoms with Crippen LogP contribution in [0.25, 0.3) is 0 Å². The summed E-state index contributed by atoms with van der Waals surface area (Å²) in [6, 6.07) is 0.151. The Kier molecular flexibility index (Phi) is 3.00. The molecule has 62 valence electrons. The van der Waals surface area contributed by atoms with Crippen LogP contribution in [0.3, 0.4) is 0 Å². The van der Waals surface area contributed by atoms with E-state index in [9.17, 15) is 0 Å². The van der Waals surface area contributed by atoms with E-state index < -0.39 is 0 Å². The van der Waals surface area contributed by atoms with Crippen LogP contribution in [0.1, 0.15) is 0 Å². The Balaban J connectivity index is 2.39. The zero-order chi connectivity index (χ0) is 8.10. The topological polar surface area (TPSA) is 88.8 Å². The molecule has 0 fully saturated rings. The highest BCUT2D eigenvalue weighted by atomic mass is 15.1. The average Bonchev–Trinajstić information content (AvgIpc) is 2.07. The van der Waals surface area contributed by atoms with E-state index in [4.69, 9.17) is 11.5 Å². The van der Waals surface area contributed by atoms with Gasteiger partial charge in [-0.25, -0.2) is 0 Å². The number of rotatable bonds is 2. The first-order chi connectivity index (χ1) is 5.36. The molecule has 1 rings (SSSR count). The maximum atomic E-state index is 5.39. The minimum atomic E-state index is 0.151. The van der Waals surface area contributed by atoms with Crippen LogP contribution in [-0.2, 0) is 0 Å². The van der Waals surface area contributed by atoms with Gasteiger partial charge in [0.1, 0.15) is 5.84 Å². The maximum absolute atomic E-state index is 5.39. The quantitative estimate of drug-likeness (QED) is 0.415. The third-order valence-electron chi connectivity index (χ3n) is 1.44. The van der Waals surface area contributed by atoms with Crippen molar-refractivity contribution in [1.29, 1.82) is 0 Å². The van der Waals surface area contributed by atoms with Crippen molar-refractivity contribution in [2.45, 2.75) is 6.04 Å². The van der Waals surface area contributed by atoms with Crippen LogP contribution in [-0.4, -0.2) is 37.9 Å². The molecule has 0 aliphatic carbocycles. The van der Waals surface area contributed by atoms with Gasteiger partial charge in [0.25, 0.3) is 0 Å². The predicted molar refractivity (Wildman–Crippen MR) is 45.8 cm³/mol. The highest BCUT2D eigenvalue weighted by Gasteiger charge is 2.07. The smallest absolute Gasteiger partial charge is 0.140 e. The van der Waals surface area contributed by atoms with Crippen molar-refractivity contribution in [3.63, 3.8) is 0 Å². The zero-order valence-corrected chi connectivity index (χ0v) is 6.33. The summed E-state index contributed by atoms with van der Waals surface area (Å²) in [4.78, 5) is 8.32. The summed E-state index contributed by atoms with van der Waals surface area (Å²) in [5.41, 5.74) is 10.6. The van der Waals surface area contributed by atoms with E-state index in [1.165, 1.54) is 0 Å². The van der Waals surface area contributed by atoms with Gasteiger partial charge in [-0.2, -0.15) is 0 Å². The van der Waals surface area contributed by atoms with E-state index >= 15 is 0 Å². The first kappa shape index (κ1) is 8.16. The molecule has 0 aromatic rings. The van der Waals surface area contributed by atoms with Gasteiger partial charge in [-0.1, -0.05) is 0 Å². The largest absolute Gasteiger partial charge is 0.357 e. The summed E-state index contributed by atoms with van der Waals surface area (Å²) in [6.45, 7) is 1.60. The van der Waals surface area contributed by atoms with Crippen LogP contribution < -0.4 is 16.8 Å². The van der Waals surface area contributed by atoms with Crippen molar-refractivity contribution in [2.75, 3.05) is 19.8 Å². The first-order valence-corrected chi connectivity index (χ1v) is 3.58. The number of hydrogen-bond acceptors (Lipinski definition) is 5. The van der Waals surface area contributed by atoms with Crippen molar-refractivity contribution < 1.29 is 0 Å². The van der Waals surface area contributed by atoms with Crippen LogP contribution in [0, 0.1) is 0 Å². The number of nitrogens with two attached hydrogens (primary N) is 2. The molecule has 1 aliphatic heterocycles. The zero-order valence-electron chi connectivity index (χ0n) is 6.33. The minimum Gasteiger partial charge on any atom is -0.357 e. The van der Waals surface area contributed by atoms with Gasteiger partial charge in [0.15, 0.2) is 0 Å². The molecule has 5 heteroatoms. The van der Waals surface area contributed by atoms with Gasteiger partial charge in [0.05, 0.1) is 25.5 Å².